The first-order valence-electron chi connectivity index (χ1n) is 9.63. The van der Waals surface area contributed by atoms with E-state index in [9.17, 15) is 8.42 Å². The van der Waals surface area contributed by atoms with Crippen LogP contribution in [0.5, 0.6) is 0 Å². The average Bonchev–Trinajstić information content (AvgIpc) is 3.19. The average molecular weight is 444 g/mol. The fraction of sp³-hybridized carbons (Fsp3) is 0.632. The largest absolute Gasteiger partial charge is 0.369 e. The number of rotatable bonds is 4. The molecule has 2 aromatic rings. The fourth-order valence-corrected chi connectivity index (χ4v) is 6.39. The van der Waals surface area contributed by atoms with E-state index >= 15 is 0 Å². The van der Waals surface area contributed by atoms with Crippen LogP contribution in [0.4, 0.5) is 0 Å². The van der Waals surface area contributed by atoms with Crippen molar-refractivity contribution in [2.24, 2.45) is 0 Å². The first-order chi connectivity index (χ1) is 13.2. The Morgan fingerprint density at radius 1 is 1.50 bits per heavy atom. The van der Waals surface area contributed by atoms with Gasteiger partial charge in [-0.25, -0.2) is 8.42 Å². The number of nitrogens with zero attached hydrogens (tertiary/aromatic N) is 2. The smallest absolute Gasteiger partial charge is 0.149 e. The van der Waals surface area contributed by atoms with Crippen molar-refractivity contribution in [3.8, 4) is 0 Å². The summed E-state index contributed by atoms with van der Waals surface area (Å²) in [5, 5.41) is 8.07. The van der Waals surface area contributed by atoms with Gasteiger partial charge in [-0.2, -0.15) is 5.10 Å². The second kappa shape index (κ2) is 7.72. The molecule has 2 aliphatic heterocycles. The molecule has 0 aliphatic carbocycles. The highest BCUT2D eigenvalue weighted by Gasteiger charge is 2.43. The number of fused-ring (bicyclic) bond motifs is 2. The van der Waals surface area contributed by atoms with Gasteiger partial charge in [0.15, 0.2) is 0 Å². The summed E-state index contributed by atoms with van der Waals surface area (Å²) in [4.78, 5) is 1.29. The van der Waals surface area contributed by atoms with Gasteiger partial charge in [0.1, 0.15) is 15.4 Å². The van der Waals surface area contributed by atoms with Gasteiger partial charge in [0.05, 0.1) is 29.4 Å². The lowest BCUT2D eigenvalue weighted by Crippen LogP contribution is -2.38. The minimum absolute atomic E-state index is 0.0987. The zero-order valence-electron chi connectivity index (χ0n) is 16.2. The lowest BCUT2D eigenvalue weighted by molar-refractivity contribution is -0.0704. The highest BCUT2D eigenvalue weighted by molar-refractivity contribution is 7.90. The second-order valence-corrected chi connectivity index (χ2v) is 12.0. The van der Waals surface area contributed by atoms with Gasteiger partial charge in [-0.05, 0) is 44.2 Å². The third-order valence-electron chi connectivity index (χ3n) is 5.65. The second-order valence-electron chi connectivity index (χ2n) is 8.03. The monoisotopic (exact) mass is 443 g/mol. The lowest BCUT2D eigenvalue weighted by atomic mass is 9.85. The van der Waals surface area contributed by atoms with E-state index in [4.69, 9.17) is 16.3 Å². The number of sulfone groups is 1. The van der Waals surface area contributed by atoms with Crippen LogP contribution in [-0.4, -0.2) is 42.9 Å². The van der Waals surface area contributed by atoms with E-state index in [-0.39, 0.29) is 23.4 Å². The van der Waals surface area contributed by atoms with Gasteiger partial charge in [-0.1, -0.05) is 11.6 Å². The van der Waals surface area contributed by atoms with Crippen LogP contribution in [0.1, 0.15) is 48.2 Å². The van der Waals surface area contributed by atoms with Crippen molar-refractivity contribution in [1.82, 2.24) is 15.1 Å². The van der Waals surface area contributed by atoms with Crippen LogP contribution in [-0.2, 0) is 33.1 Å². The summed E-state index contributed by atoms with van der Waals surface area (Å²) in [6.45, 7) is 3.31. The van der Waals surface area contributed by atoms with Gasteiger partial charge >= 0.3 is 0 Å². The number of hydrogen-bond donors (Lipinski definition) is 1. The minimum Gasteiger partial charge on any atom is -0.369 e. The van der Waals surface area contributed by atoms with E-state index in [0.717, 1.165) is 42.2 Å². The summed E-state index contributed by atoms with van der Waals surface area (Å²) in [7, 11) is -3.00. The standard InChI is InChI=1S/C19H26ClN3O3S2/c1-13-10-19(18-14(4-7-26-19)9-17(20)27-18)5-3-16(22-13)15-11-21-23(12-15)6-8-28(2,24)25/h9,11-13,16,22H,3-8,10H2,1-2H3/t13-,16-,19+/m0/s1. The Balaban J connectivity index is 1.52. The summed E-state index contributed by atoms with van der Waals surface area (Å²) >= 11 is 7.97. The molecule has 154 valence electrons. The van der Waals surface area contributed by atoms with Crippen molar-refractivity contribution in [2.75, 3.05) is 18.6 Å². The third kappa shape index (κ3) is 4.31. The molecule has 9 heteroatoms. The number of hydrogen-bond acceptors (Lipinski definition) is 6. The molecule has 1 saturated heterocycles. The van der Waals surface area contributed by atoms with E-state index in [2.05, 4.69) is 23.4 Å². The molecule has 1 N–H and O–H groups in total. The maximum Gasteiger partial charge on any atom is 0.149 e. The quantitative estimate of drug-likeness (QED) is 0.784. The molecule has 6 nitrogen and oxygen atoms in total. The predicted molar refractivity (Wildman–Crippen MR) is 112 cm³/mol. The number of aryl methyl sites for hydroxylation is 1. The maximum absolute atomic E-state index is 11.4. The van der Waals surface area contributed by atoms with Crippen LogP contribution < -0.4 is 5.32 Å². The number of thiophene rings is 1. The zero-order chi connectivity index (χ0) is 19.9. The van der Waals surface area contributed by atoms with Crippen LogP contribution in [0, 0.1) is 0 Å². The molecule has 0 amide bonds. The molecule has 1 fully saturated rings. The van der Waals surface area contributed by atoms with Gasteiger partial charge in [-0.3, -0.25) is 4.68 Å². The van der Waals surface area contributed by atoms with Crippen LogP contribution in [0.25, 0.3) is 0 Å². The van der Waals surface area contributed by atoms with Crippen LogP contribution in [0.2, 0.25) is 4.34 Å². The van der Waals surface area contributed by atoms with Gasteiger partial charge in [0, 0.05) is 35.0 Å². The van der Waals surface area contributed by atoms with Crippen molar-refractivity contribution in [2.45, 2.75) is 56.8 Å². The van der Waals surface area contributed by atoms with Crippen LogP contribution in [0.15, 0.2) is 18.5 Å². The maximum atomic E-state index is 11.4. The Bertz CT molecular complexity index is 956. The van der Waals surface area contributed by atoms with Crippen LogP contribution >= 0.6 is 22.9 Å². The molecule has 28 heavy (non-hydrogen) atoms. The van der Waals surface area contributed by atoms with Crippen molar-refractivity contribution in [3.63, 3.8) is 0 Å². The fourth-order valence-electron chi connectivity index (χ4n) is 4.39. The lowest BCUT2D eigenvalue weighted by Gasteiger charge is -2.37. The first-order valence-corrected chi connectivity index (χ1v) is 12.9. The Hall–Kier alpha value is -0.930. The third-order valence-corrected chi connectivity index (χ3v) is 8.06. The van der Waals surface area contributed by atoms with Crippen LogP contribution in [0.3, 0.4) is 0 Å². The molecule has 2 aliphatic rings. The molecule has 0 bridgehead atoms. The van der Waals surface area contributed by atoms with Crippen molar-refractivity contribution in [1.29, 1.82) is 0 Å². The summed E-state index contributed by atoms with van der Waals surface area (Å²) in [6.07, 6.45) is 8.75. The van der Waals surface area contributed by atoms with Crippen molar-refractivity contribution < 1.29 is 13.2 Å². The van der Waals surface area contributed by atoms with E-state index in [1.54, 1.807) is 16.0 Å². The number of halogens is 1. The number of nitrogens with one attached hydrogen (secondary N) is 1. The first kappa shape index (κ1) is 20.3. The van der Waals surface area contributed by atoms with E-state index in [0.29, 0.717) is 6.54 Å². The number of ether oxygens (including phenoxy) is 1. The molecule has 2 aromatic heterocycles. The van der Waals surface area contributed by atoms with Crippen molar-refractivity contribution >= 4 is 32.8 Å². The molecule has 4 heterocycles. The molecule has 0 radical (unpaired) electrons. The van der Waals surface area contributed by atoms with Gasteiger partial charge in [-0.15, -0.1) is 11.3 Å². The van der Waals surface area contributed by atoms with E-state index in [1.807, 2.05) is 12.4 Å². The highest BCUT2D eigenvalue weighted by Crippen LogP contribution is 2.48. The topological polar surface area (TPSA) is 73.2 Å². The molecular formula is C19H26ClN3O3S2. The Kier molecular flexibility index (Phi) is 5.61. The van der Waals surface area contributed by atoms with Gasteiger partial charge in [0.25, 0.3) is 0 Å². The highest BCUT2D eigenvalue weighted by atomic mass is 35.5. The minimum atomic E-state index is -3.00. The Morgan fingerprint density at radius 2 is 2.32 bits per heavy atom. The molecule has 0 aromatic carbocycles. The zero-order valence-corrected chi connectivity index (χ0v) is 18.5. The van der Waals surface area contributed by atoms with E-state index in [1.165, 1.54) is 16.7 Å². The Morgan fingerprint density at radius 3 is 3.11 bits per heavy atom. The summed E-state index contributed by atoms with van der Waals surface area (Å²) in [6, 6.07) is 2.54. The molecular weight excluding hydrogens is 418 g/mol. The summed E-state index contributed by atoms with van der Waals surface area (Å²) < 4.78 is 31.7. The molecule has 0 unspecified atom stereocenters. The summed E-state index contributed by atoms with van der Waals surface area (Å²) in [5.41, 5.74) is 2.16. The predicted octanol–water partition coefficient (Wildman–Crippen LogP) is 3.31. The SMILES string of the molecule is C[C@H]1C[C@@]2(CC[C@@H](c3cnn(CCS(C)(=O)=O)c3)N1)OCCc1cc(Cl)sc12. The molecule has 4 rings (SSSR count). The van der Waals surface area contributed by atoms with E-state index < -0.39 is 9.84 Å². The Labute approximate surface area is 175 Å². The normalized spacial score (nSPS) is 28.2. The summed E-state index contributed by atoms with van der Waals surface area (Å²) in [5.74, 6) is 0.0987. The molecule has 0 saturated carbocycles. The molecule has 3 atom stereocenters. The van der Waals surface area contributed by atoms with Crippen molar-refractivity contribution in [3.05, 3.63) is 38.8 Å². The van der Waals surface area contributed by atoms with Gasteiger partial charge in [0.2, 0.25) is 0 Å². The number of aromatic nitrogens is 2. The molecule has 1 spiro atoms. The van der Waals surface area contributed by atoms with Gasteiger partial charge < -0.3 is 10.1 Å².